The van der Waals surface area contributed by atoms with Crippen molar-refractivity contribution in [3.05, 3.63) is 23.3 Å². The number of allylic oxidation sites excluding steroid dienone is 4. The Hall–Kier alpha value is -0.600. The summed E-state index contributed by atoms with van der Waals surface area (Å²) in [6.07, 6.45) is 8.22. The number of aliphatic hydroxyl groups is 2. The maximum Gasteiger partial charge on any atom is 0.0833 e. The summed E-state index contributed by atoms with van der Waals surface area (Å²) in [7, 11) is 0. The second-order valence-electron chi connectivity index (χ2n) is 7.57. The zero-order valence-electron chi connectivity index (χ0n) is 12.5. The number of hydrogen-bond donors (Lipinski definition) is 2. The summed E-state index contributed by atoms with van der Waals surface area (Å²) in [5.41, 5.74) is 3.23. The van der Waals surface area contributed by atoms with Crippen molar-refractivity contribution in [2.24, 2.45) is 35.5 Å². The van der Waals surface area contributed by atoms with E-state index in [1.165, 1.54) is 12.8 Å². The van der Waals surface area contributed by atoms with Crippen LogP contribution in [0.3, 0.4) is 0 Å². The van der Waals surface area contributed by atoms with E-state index in [9.17, 15) is 10.2 Å². The molecule has 0 aliphatic heterocycles. The summed E-state index contributed by atoms with van der Waals surface area (Å²) < 4.78 is 0. The van der Waals surface area contributed by atoms with E-state index < -0.39 is 12.2 Å². The van der Waals surface area contributed by atoms with E-state index >= 15 is 0 Å². The lowest BCUT2D eigenvalue weighted by Gasteiger charge is -2.29. The van der Waals surface area contributed by atoms with Crippen LogP contribution in [0.1, 0.15) is 39.5 Å². The van der Waals surface area contributed by atoms with Crippen LogP contribution >= 0.6 is 0 Å². The van der Waals surface area contributed by atoms with Crippen molar-refractivity contribution in [3.63, 3.8) is 0 Å². The normalized spacial score (nSPS) is 53.2. The van der Waals surface area contributed by atoms with Crippen LogP contribution in [0.4, 0.5) is 0 Å². The van der Waals surface area contributed by atoms with Gasteiger partial charge in [-0.25, -0.2) is 0 Å². The molecule has 3 fully saturated rings. The van der Waals surface area contributed by atoms with Crippen molar-refractivity contribution in [3.8, 4) is 0 Å². The van der Waals surface area contributed by atoms with Crippen molar-refractivity contribution >= 4 is 0 Å². The average molecular weight is 274 g/mol. The van der Waals surface area contributed by atoms with E-state index in [1.54, 1.807) is 11.1 Å². The molecule has 2 nitrogen and oxygen atoms in total. The molecule has 110 valence electrons. The van der Waals surface area contributed by atoms with Crippen LogP contribution in [0, 0.1) is 35.5 Å². The minimum Gasteiger partial charge on any atom is -0.390 e. The summed E-state index contributed by atoms with van der Waals surface area (Å²) in [6, 6.07) is 0. The van der Waals surface area contributed by atoms with E-state index in [0.29, 0.717) is 17.8 Å². The molecule has 0 radical (unpaired) electrons. The van der Waals surface area contributed by atoms with Gasteiger partial charge in [-0.1, -0.05) is 37.1 Å². The van der Waals surface area contributed by atoms with Crippen molar-refractivity contribution in [2.45, 2.75) is 51.7 Å². The Bertz CT molecular complexity index is 478. The number of aliphatic hydroxyl groups excluding tert-OH is 2. The van der Waals surface area contributed by atoms with Crippen molar-refractivity contribution < 1.29 is 10.2 Å². The highest BCUT2D eigenvalue weighted by atomic mass is 16.3. The molecule has 4 aliphatic rings. The number of hydrogen-bond acceptors (Lipinski definition) is 2. The molecule has 2 heteroatoms. The van der Waals surface area contributed by atoms with E-state index in [1.807, 2.05) is 0 Å². The molecule has 0 unspecified atom stereocenters. The zero-order valence-corrected chi connectivity index (χ0v) is 12.5. The Morgan fingerprint density at radius 2 is 1.70 bits per heavy atom. The lowest BCUT2D eigenvalue weighted by molar-refractivity contribution is 0.0169. The van der Waals surface area contributed by atoms with Crippen LogP contribution < -0.4 is 0 Å². The molecule has 0 aromatic heterocycles. The maximum absolute atomic E-state index is 10.2. The zero-order chi connectivity index (χ0) is 14.0. The first kappa shape index (κ1) is 13.1. The highest BCUT2D eigenvalue weighted by molar-refractivity contribution is 5.38. The molecule has 4 rings (SSSR count). The van der Waals surface area contributed by atoms with Gasteiger partial charge in [-0.2, -0.15) is 0 Å². The standard InChI is InChI=1S/C18H26O2/c1-3-10-9(2)6-13-11(10)4-5-12-14(13)7-16-15(12)8-17(19)18(16)20/h4-5,9-10,13-20H,3,6-8H2,1-2H3/t9-,10-,13+,14+,15-,16+,17-,18+/m1/s1. The monoisotopic (exact) mass is 274 g/mol. The second-order valence-corrected chi connectivity index (χ2v) is 7.57. The Balaban J connectivity index is 1.66. The van der Waals surface area contributed by atoms with Crippen LogP contribution in [0.2, 0.25) is 0 Å². The summed E-state index contributed by atoms with van der Waals surface area (Å²) >= 11 is 0. The van der Waals surface area contributed by atoms with Gasteiger partial charge >= 0.3 is 0 Å². The van der Waals surface area contributed by atoms with Crippen LogP contribution in [-0.4, -0.2) is 22.4 Å². The fourth-order valence-corrected chi connectivity index (χ4v) is 5.91. The molecule has 0 spiro atoms. The molecule has 0 aromatic rings. The van der Waals surface area contributed by atoms with E-state index in [4.69, 9.17) is 0 Å². The predicted octanol–water partition coefficient (Wildman–Crippen LogP) is 2.91. The second kappa shape index (κ2) is 4.45. The SMILES string of the molecule is CC[C@H]1C2=CC=C3[C@H]4C[C@@H](O)[C@@H](O)[C@H]4C[C@@H]3[C@H]2C[C@H]1C. The summed E-state index contributed by atoms with van der Waals surface area (Å²) in [5, 5.41) is 20.1. The molecule has 8 atom stereocenters. The van der Waals surface area contributed by atoms with Gasteiger partial charge in [0, 0.05) is 0 Å². The van der Waals surface area contributed by atoms with Crippen LogP contribution in [-0.2, 0) is 0 Å². The molecule has 20 heavy (non-hydrogen) atoms. The molecular weight excluding hydrogens is 248 g/mol. The molecule has 0 saturated heterocycles. The lowest BCUT2D eigenvalue weighted by Crippen LogP contribution is -2.26. The third-order valence-corrected chi connectivity index (χ3v) is 6.79. The van der Waals surface area contributed by atoms with Gasteiger partial charge in [0.25, 0.3) is 0 Å². The topological polar surface area (TPSA) is 40.5 Å². The van der Waals surface area contributed by atoms with Gasteiger partial charge < -0.3 is 10.2 Å². The van der Waals surface area contributed by atoms with Gasteiger partial charge in [-0.3, -0.25) is 0 Å². The van der Waals surface area contributed by atoms with Crippen molar-refractivity contribution in [1.29, 1.82) is 0 Å². The average Bonchev–Trinajstić information content (AvgIpc) is 3.02. The Morgan fingerprint density at radius 1 is 1.00 bits per heavy atom. The van der Waals surface area contributed by atoms with Gasteiger partial charge in [-0.05, 0) is 61.2 Å². The van der Waals surface area contributed by atoms with Gasteiger partial charge in [0.2, 0.25) is 0 Å². The van der Waals surface area contributed by atoms with Gasteiger partial charge in [-0.15, -0.1) is 0 Å². The van der Waals surface area contributed by atoms with Crippen LogP contribution in [0.5, 0.6) is 0 Å². The lowest BCUT2D eigenvalue weighted by atomic mass is 9.76. The Kier molecular flexibility index (Phi) is 2.91. The third-order valence-electron chi connectivity index (χ3n) is 6.79. The molecule has 2 N–H and O–H groups in total. The molecular formula is C18H26O2. The first-order valence-corrected chi connectivity index (χ1v) is 8.39. The highest BCUT2D eigenvalue weighted by Crippen LogP contribution is 2.59. The smallest absolute Gasteiger partial charge is 0.0833 e. The van der Waals surface area contributed by atoms with Crippen LogP contribution in [0.15, 0.2) is 23.3 Å². The fraction of sp³-hybridized carbons (Fsp3) is 0.778. The maximum atomic E-state index is 10.2. The minimum absolute atomic E-state index is 0.310. The van der Waals surface area contributed by atoms with Crippen molar-refractivity contribution in [2.75, 3.05) is 0 Å². The van der Waals surface area contributed by atoms with Crippen molar-refractivity contribution in [1.82, 2.24) is 0 Å². The predicted molar refractivity (Wildman–Crippen MR) is 78.9 cm³/mol. The Labute approximate surface area is 121 Å². The molecule has 0 aromatic carbocycles. The first-order chi connectivity index (χ1) is 9.61. The molecule has 0 amide bonds. The molecule has 3 saturated carbocycles. The highest BCUT2D eigenvalue weighted by Gasteiger charge is 2.54. The molecule has 0 bridgehead atoms. The van der Waals surface area contributed by atoms with Crippen LogP contribution in [0.25, 0.3) is 0 Å². The summed E-state index contributed by atoms with van der Waals surface area (Å²) in [5.74, 6) is 3.72. The summed E-state index contributed by atoms with van der Waals surface area (Å²) in [4.78, 5) is 0. The third kappa shape index (κ3) is 1.58. The molecule has 0 heterocycles. The Morgan fingerprint density at radius 3 is 2.45 bits per heavy atom. The van der Waals surface area contributed by atoms with Gasteiger partial charge in [0.15, 0.2) is 0 Å². The number of fused-ring (bicyclic) bond motifs is 5. The van der Waals surface area contributed by atoms with Gasteiger partial charge in [0.1, 0.15) is 0 Å². The number of rotatable bonds is 1. The van der Waals surface area contributed by atoms with E-state index in [0.717, 1.165) is 30.6 Å². The molecule has 4 aliphatic carbocycles. The quantitative estimate of drug-likeness (QED) is 0.772. The largest absolute Gasteiger partial charge is 0.390 e. The van der Waals surface area contributed by atoms with E-state index in [2.05, 4.69) is 26.0 Å². The van der Waals surface area contributed by atoms with Gasteiger partial charge in [0.05, 0.1) is 12.2 Å². The van der Waals surface area contributed by atoms with E-state index in [-0.39, 0.29) is 0 Å². The summed E-state index contributed by atoms with van der Waals surface area (Å²) in [6.45, 7) is 4.72. The first-order valence-electron chi connectivity index (χ1n) is 8.39. The fourth-order valence-electron chi connectivity index (χ4n) is 5.91. The minimum atomic E-state index is -0.497.